The number of hydrogen-bond donors (Lipinski definition) is 1. The first-order valence-corrected chi connectivity index (χ1v) is 7.15. The molecule has 1 aliphatic carbocycles. The van der Waals surface area contributed by atoms with Crippen LogP contribution in [0.25, 0.3) is 0 Å². The highest BCUT2D eigenvalue weighted by Gasteiger charge is 2.35. The summed E-state index contributed by atoms with van der Waals surface area (Å²) in [5, 5.41) is 0. The molecule has 0 spiro atoms. The van der Waals surface area contributed by atoms with Gasteiger partial charge in [-0.1, -0.05) is 20.8 Å². The molecule has 0 saturated heterocycles. The van der Waals surface area contributed by atoms with Gasteiger partial charge in [-0.15, -0.1) is 0 Å². The molecular weight excluding hydrogens is 208 g/mol. The lowest BCUT2D eigenvalue weighted by molar-refractivity contribution is 0.0760. The maximum atomic E-state index is 6.31. The van der Waals surface area contributed by atoms with Crippen LogP contribution in [0.3, 0.4) is 0 Å². The molecule has 0 aliphatic heterocycles. The lowest BCUT2D eigenvalue weighted by atomic mass is 9.70. The molecule has 2 unspecified atom stereocenters. The molecule has 1 saturated carbocycles. The van der Waals surface area contributed by atoms with E-state index in [2.05, 4.69) is 46.6 Å². The zero-order chi connectivity index (χ0) is 13.3. The first-order chi connectivity index (χ1) is 7.68. The van der Waals surface area contributed by atoms with Crippen LogP contribution in [0, 0.1) is 11.3 Å². The molecule has 0 aromatic rings. The first-order valence-electron chi connectivity index (χ1n) is 7.15. The van der Waals surface area contributed by atoms with Gasteiger partial charge in [0.2, 0.25) is 0 Å². The number of hydrogen-bond acceptors (Lipinski definition) is 2. The molecule has 0 amide bonds. The van der Waals surface area contributed by atoms with Crippen LogP contribution < -0.4 is 5.73 Å². The van der Waals surface area contributed by atoms with Gasteiger partial charge in [-0.2, -0.15) is 0 Å². The van der Waals surface area contributed by atoms with Gasteiger partial charge in [0.25, 0.3) is 0 Å². The van der Waals surface area contributed by atoms with Crippen molar-refractivity contribution in [2.45, 2.75) is 71.9 Å². The smallest absolute Gasteiger partial charge is 0.0147 e. The summed E-state index contributed by atoms with van der Waals surface area (Å²) in [4.78, 5) is 2.50. The molecule has 17 heavy (non-hydrogen) atoms. The lowest BCUT2D eigenvalue weighted by Gasteiger charge is -2.44. The largest absolute Gasteiger partial charge is 0.327 e. The Balaban J connectivity index is 2.60. The zero-order valence-corrected chi connectivity index (χ0v) is 12.7. The standard InChI is InChI=1S/C15H32N2/c1-7-15(4,5)17(6)11-12-10-14(2,3)9-8-13(12)16/h12-13H,7-11,16H2,1-6H3. The highest BCUT2D eigenvalue weighted by atomic mass is 15.2. The van der Waals surface area contributed by atoms with E-state index in [4.69, 9.17) is 5.73 Å². The monoisotopic (exact) mass is 240 g/mol. The highest BCUT2D eigenvalue weighted by molar-refractivity contribution is 4.90. The molecule has 2 nitrogen and oxygen atoms in total. The number of nitrogens with two attached hydrogens (primary N) is 1. The average molecular weight is 240 g/mol. The second-order valence-corrected chi connectivity index (χ2v) is 7.38. The molecule has 0 radical (unpaired) electrons. The van der Waals surface area contributed by atoms with Crippen molar-refractivity contribution in [3.63, 3.8) is 0 Å². The molecule has 0 heterocycles. The summed E-state index contributed by atoms with van der Waals surface area (Å²) < 4.78 is 0. The van der Waals surface area contributed by atoms with Crippen molar-refractivity contribution in [2.75, 3.05) is 13.6 Å². The Hall–Kier alpha value is -0.0800. The fraction of sp³-hybridized carbons (Fsp3) is 1.00. The minimum atomic E-state index is 0.293. The molecule has 2 N–H and O–H groups in total. The molecule has 0 aromatic carbocycles. The Morgan fingerprint density at radius 1 is 1.35 bits per heavy atom. The van der Waals surface area contributed by atoms with Gasteiger partial charge < -0.3 is 10.6 Å². The van der Waals surface area contributed by atoms with Crippen LogP contribution in [0.1, 0.15) is 60.3 Å². The highest BCUT2D eigenvalue weighted by Crippen LogP contribution is 2.38. The third kappa shape index (κ3) is 3.96. The van der Waals surface area contributed by atoms with Crippen LogP contribution in [0.5, 0.6) is 0 Å². The Morgan fingerprint density at radius 2 is 1.94 bits per heavy atom. The maximum absolute atomic E-state index is 6.31. The summed E-state index contributed by atoms with van der Waals surface area (Å²) in [6.07, 6.45) is 4.94. The molecule has 0 aromatic heterocycles. The van der Waals surface area contributed by atoms with Gasteiger partial charge in [-0.05, 0) is 57.9 Å². The van der Waals surface area contributed by atoms with Crippen molar-refractivity contribution in [1.82, 2.24) is 4.90 Å². The molecule has 1 aliphatic rings. The van der Waals surface area contributed by atoms with E-state index >= 15 is 0 Å². The van der Waals surface area contributed by atoms with Crippen molar-refractivity contribution in [2.24, 2.45) is 17.1 Å². The first kappa shape index (κ1) is 15.0. The minimum absolute atomic E-state index is 0.293. The van der Waals surface area contributed by atoms with Gasteiger partial charge in [0.1, 0.15) is 0 Å². The van der Waals surface area contributed by atoms with Crippen LogP contribution in [0.15, 0.2) is 0 Å². The van der Waals surface area contributed by atoms with E-state index in [1.54, 1.807) is 0 Å². The van der Waals surface area contributed by atoms with E-state index in [1.165, 1.54) is 25.7 Å². The van der Waals surface area contributed by atoms with Crippen LogP contribution >= 0.6 is 0 Å². The Morgan fingerprint density at radius 3 is 2.47 bits per heavy atom. The van der Waals surface area contributed by atoms with Crippen LogP contribution in [-0.2, 0) is 0 Å². The van der Waals surface area contributed by atoms with Gasteiger partial charge in [0, 0.05) is 18.1 Å². The summed E-state index contributed by atoms with van der Waals surface area (Å²) in [5.74, 6) is 0.662. The van der Waals surface area contributed by atoms with E-state index < -0.39 is 0 Å². The second-order valence-electron chi connectivity index (χ2n) is 7.38. The van der Waals surface area contributed by atoms with Crippen molar-refractivity contribution in [3.05, 3.63) is 0 Å². The van der Waals surface area contributed by atoms with E-state index in [0.717, 1.165) is 6.54 Å². The summed E-state index contributed by atoms with van der Waals surface area (Å²) in [7, 11) is 2.25. The normalized spacial score (nSPS) is 29.6. The molecule has 0 bridgehead atoms. The maximum Gasteiger partial charge on any atom is 0.0147 e. The van der Waals surface area contributed by atoms with Crippen LogP contribution in [0.4, 0.5) is 0 Å². The van der Waals surface area contributed by atoms with E-state index in [-0.39, 0.29) is 0 Å². The SMILES string of the molecule is CCC(C)(C)N(C)CC1CC(C)(C)CCC1N. The van der Waals surface area contributed by atoms with Gasteiger partial charge in [0.05, 0.1) is 0 Å². The summed E-state index contributed by atoms with van der Waals surface area (Å²) in [5.41, 5.74) is 7.08. The summed E-state index contributed by atoms with van der Waals surface area (Å²) >= 11 is 0. The predicted molar refractivity (Wildman–Crippen MR) is 76.1 cm³/mol. The predicted octanol–water partition coefficient (Wildman–Crippen LogP) is 3.26. The van der Waals surface area contributed by atoms with Crippen molar-refractivity contribution in [1.29, 1.82) is 0 Å². The van der Waals surface area contributed by atoms with Gasteiger partial charge in [0.15, 0.2) is 0 Å². The van der Waals surface area contributed by atoms with Crippen molar-refractivity contribution >= 4 is 0 Å². The van der Waals surface area contributed by atoms with E-state index in [0.29, 0.717) is 22.9 Å². The second kappa shape index (κ2) is 5.27. The molecule has 1 rings (SSSR count). The molecule has 102 valence electrons. The fourth-order valence-electron chi connectivity index (χ4n) is 2.83. The molecule has 2 heteroatoms. The zero-order valence-electron chi connectivity index (χ0n) is 12.7. The molecule has 2 atom stereocenters. The van der Waals surface area contributed by atoms with Gasteiger partial charge in [-0.3, -0.25) is 0 Å². The third-order valence-corrected chi connectivity index (χ3v) is 4.98. The van der Waals surface area contributed by atoms with Gasteiger partial charge in [-0.25, -0.2) is 0 Å². The Bertz CT molecular complexity index is 245. The fourth-order valence-corrected chi connectivity index (χ4v) is 2.83. The van der Waals surface area contributed by atoms with Crippen molar-refractivity contribution in [3.8, 4) is 0 Å². The third-order valence-electron chi connectivity index (χ3n) is 4.98. The number of nitrogens with zero attached hydrogens (tertiary/aromatic N) is 1. The average Bonchev–Trinajstić information content (AvgIpc) is 2.23. The lowest BCUT2D eigenvalue weighted by Crippen LogP contribution is -2.49. The molecule has 1 fully saturated rings. The number of rotatable bonds is 4. The summed E-state index contributed by atoms with van der Waals surface area (Å²) in [6.45, 7) is 12.8. The van der Waals surface area contributed by atoms with E-state index in [1.807, 2.05) is 0 Å². The Kier molecular flexibility index (Phi) is 4.65. The van der Waals surface area contributed by atoms with Crippen molar-refractivity contribution < 1.29 is 0 Å². The topological polar surface area (TPSA) is 29.3 Å². The van der Waals surface area contributed by atoms with Crippen LogP contribution in [-0.4, -0.2) is 30.1 Å². The minimum Gasteiger partial charge on any atom is -0.327 e. The van der Waals surface area contributed by atoms with E-state index in [9.17, 15) is 0 Å². The Labute approximate surface area is 108 Å². The van der Waals surface area contributed by atoms with Crippen LogP contribution in [0.2, 0.25) is 0 Å². The summed E-state index contributed by atoms with van der Waals surface area (Å²) in [6, 6.07) is 0.401. The van der Waals surface area contributed by atoms with Gasteiger partial charge >= 0.3 is 0 Å². The quantitative estimate of drug-likeness (QED) is 0.817. The molecular formula is C15H32N2.